The first-order chi connectivity index (χ1) is 30.1. The molecule has 0 rings (SSSR count). The average Bonchev–Trinajstić information content (AvgIpc) is 3.23. The van der Waals surface area contributed by atoms with Gasteiger partial charge >= 0.3 is 17.9 Å². The number of unbranched alkanes of at least 4 members (excludes halogenated alkanes) is 15. The van der Waals surface area contributed by atoms with Crippen LogP contribution in [0.15, 0.2) is 85.1 Å². The Labute approximate surface area is 380 Å². The lowest BCUT2D eigenvalue weighted by atomic mass is 10.0. The van der Waals surface area contributed by atoms with E-state index in [-0.39, 0.29) is 42.7 Å². The zero-order chi connectivity index (χ0) is 45.6. The minimum absolute atomic E-state index is 0.0389. The average molecular weight is 867 g/mol. The number of ether oxygens (including phenoxy) is 3. The second kappa shape index (κ2) is 44.1. The summed E-state index contributed by atoms with van der Waals surface area (Å²) in [5.41, 5.74) is 0. The third kappa shape index (κ3) is 41.8. The molecular formula is C54H92NO7+. The minimum atomic E-state index is -0.885. The predicted molar refractivity (Wildman–Crippen MR) is 261 cm³/mol. The van der Waals surface area contributed by atoms with Gasteiger partial charge in [0, 0.05) is 19.3 Å². The summed E-state index contributed by atoms with van der Waals surface area (Å²) in [6.45, 7) is 4.54. The van der Waals surface area contributed by atoms with Gasteiger partial charge in [-0.25, -0.2) is 4.79 Å². The largest absolute Gasteiger partial charge is 0.477 e. The topological polar surface area (TPSA) is 99.1 Å². The van der Waals surface area contributed by atoms with E-state index in [0.29, 0.717) is 19.3 Å². The van der Waals surface area contributed by atoms with E-state index in [1.54, 1.807) is 0 Å². The summed E-state index contributed by atoms with van der Waals surface area (Å²) in [7, 11) is 5.51. The molecule has 0 aromatic carbocycles. The molecule has 0 aliphatic heterocycles. The van der Waals surface area contributed by atoms with E-state index in [1.807, 2.05) is 21.1 Å². The van der Waals surface area contributed by atoms with Crippen LogP contribution in [-0.4, -0.2) is 80.6 Å². The van der Waals surface area contributed by atoms with Gasteiger partial charge in [0.2, 0.25) is 0 Å². The smallest absolute Gasteiger partial charge is 0.362 e. The molecule has 1 N–H and O–H groups in total. The molecule has 0 aliphatic rings. The molecule has 0 bridgehead atoms. The molecule has 0 saturated heterocycles. The van der Waals surface area contributed by atoms with Crippen molar-refractivity contribution in [2.75, 3.05) is 41.0 Å². The number of carboxylic acid groups (broad SMARTS) is 1. The van der Waals surface area contributed by atoms with E-state index < -0.39 is 18.1 Å². The second-order valence-electron chi connectivity index (χ2n) is 17.3. The molecule has 0 saturated carbocycles. The van der Waals surface area contributed by atoms with Crippen molar-refractivity contribution in [3.8, 4) is 0 Å². The van der Waals surface area contributed by atoms with Crippen molar-refractivity contribution in [1.29, 1.82) is 0 Å². The maximum absolute atomic E-state index is 12.8. The number of hydrogen-bond donors (Lipinski definition) is 1. The highest BCUT2D eigenvalue weighted by molar-refractivity contribution is 5.72. The Balaban J connectivity index is 4.35. The van der Waals surface area contributed by atoms with Crippen LogP contribution in [0.2, 0.25) is 0 Å². The van der Waals surface area contributed by atoms with E-state index in [4.69, 9.17) is 14.2 Å². The third-order valence-electron chi connectivity index (χ3n) is 10.5. The van der Waals surface area contributed by atoms with Crippen molar-refractivity contribution in [2.45, 2.75) is 199 Å². The molecule has 2 unspecified atom stereocenters. The van der Waals surface area contributed by atoms with Crippen LogP contribution in [0.25, 0.3) is 0 Å². The molecule has 0 aromatic rings. The van der Waals surface area contributed by atoms with Crippen LogP contribution in [0.4, 0.5) is 0 Å². The van der Waals surface area contributed by atoms with Gasteiger partial charge in [-0.3, -0.25) is 9.59 Å². The number of rotatable bonds is 43. The Morgan fingerprint density at radius 2 is 0.919 bits per heavy atom. The lowest BCUT2D eigenvalue weighted by molar-refractivity contribution is -0.887. The maximum atomic E-state index is 12.8. The molecule has 8 nitrogen and oxygen atoms in total. The lowest BCUT2D eigenvalue weighted by Gasteiger charge is -2.31. The predicted octanol–water partition coefficient (Wildman–Crippen LogP) is 14.1. The quantitative estimate of drug-likeness (QED) is 0.0282. The van der Waals surface area contributed by atoms with E-state index >= 15 is 0 Å². The Bertz CT molecular complexity index is 1290. The summed E-state index contributed by atoms with van der Waals surface area (Å²) >= 11 is 0. The van der Waals surface area contributed by atoms with Crippen molar-refractivity contribution < 1.29 is 38.2 Å². The van der Waals surface area contributed by atoms with Crippen molar-refractivity contribution in [2.24, 2.45) is 0 Å². The van der Waals surface area contributed by atoms with Crippen molar-refractivity contribution >= 4 is 17.9 Å². The van der Waals surface area contributed by atoms with Crippen LogP contribution in [0.3, 0.4) is 0 Å². The summed E-state index contributed by atoms with van der Waals surface area (Å²) in [5.74, 6) is -1.55. The number of quaternary nitrogens is 1. The molecule has 0 radical (unpaired) electrons. The SMILES string of the molecule is CC/C=C/C/C=C/C/C=C/CCCCCCCCCCCCCC(=O)OC(COCCC(C(=O)O)[N+](C)(C)C)COC(=O)CCC/C=C/C/C=C/C/C=C/C/C=C/CCCCC. The molecule has 0 amide bonds. The molecular weight excluding hydrogens is 775 g/mol. The molecule has 0 aromatic heterocycles. The Hall–Kier alpha value is -3.49. The molecule has 62 heavy (non-hydrogen) atoms. The monoisotopic (exact) mass is 867 g/mol. The van der Waals surface area contributed by atoms with Gasteiger partial charge in [0.25, 0.3) is 0 Å². The van der Waals surface area contributed by atoms with E-state index in [1.165, 1.54) is 83.5 Å². The fourth-order valence-electron chi connectivity index (χ4n) is 6.75. The number of carbonyl (C=O) groups excluding carboxylic acids is 2. The summed E-state index contributed by atoms with van der Waals surface area (Å²) in [4.78, 5) is 37.1. The summed E-state index contributed by atoms with van der Waals surface area (Å²) in [6.07, 6.45) is 57.8. The van der Waals surface area contributed by atoms with Gasteiger partial charge in [-0.2, -0.15) is 0 Å². The molecule has 8 heteroatoms. The van der Waals surface area contributed by atoms with E-state index in [2.05, 4.69) is 98.9 Å². The van der Waals surface area contributed by atoms with Crippen LogP contribution < -0.4 is 0 Å². The highest BCUT2D eigenvalue weighted by Gasteiger charge is 2.31. The summed E-state index contributed by atoms with van der Waals surface area (Å²) in [6, 6.07) is -0.627. The highest BCUT2D eigenvalue weighted by Crippen LogP contribution is 2.14. The summed E-state index contributed by atoms with van der Waals surface area (Å²) < 4.78 is 17.3. The zero-order valence-corrected chi connectivity index (χ0v) is 40.3. The van der Waals surface area contributed by atoms with Crippen LogP contribution in [0, 0.1) is 0 Å². The molecule has 0 aliphatic carbocycles. The highest BCUT2D eigenvalue weighted by atomic mass is 16.6. The van der Waals surface area contributed by atoms with Crippen LogP contribution in [0.5, 0.6) is 0 Å². The normalized spacial score (nSPS) is 13.6. The van der Waals surface area contributed by atoms with Crippen molar-refractivity contribution in [3.05, 3.63) is 85.1 Å². The molecule has 354 valence electrons. The first-order valence-corrected chi connectivity index (χ1v) is 24.6. The Morgan fingerprint density at radius 3 is 1.39 bits per heavy atom. The third-order valence-corrected chi connectivity index (χ3v) is 10.5. The van der Waals surface area contributed by atoms with Crippen LogP contribution >= 0.6 is 0 Å². The Kier molecular flexibility index (Phi) is 41.6. The number of carbonyl (C=O) groups is 3. The number of likely N-dealkylation sites (N-methyl/N-ethyl adjacent to an activating group) is 1. The van der Waals surface area contributed by atoms with Gasteiger partial charge in [0.15, 0.2) is 12.1 Å². The number of esters is 2. The fraction of sp³-hybridized carbons (Fsp3) is 0.685. The zero-order valence-electron chi connectivity index (χ0n) is 40.3. The fourth-order valence-corrected chi connectivity index (χ4v) is 6.75. The van der Waals surface area contributed by atoms with Crippen LogP contribution in [0.1, 0.15) is 187 Å². The van der Waals surface area contributed by atoms with Gasteiger partial charge in [-0.15, -0.1) is 0 Å². The van der Waals surface area contributed by atoms with Crippen LogP contribution in [-0.2, 0) is 28.6 Å². The molecule has 0 fully saturated rings. The molecule has 0 spiro atoms. The number of hydrogen-bond acceptors (Lipinski definition) is 6. The van der Waals surface area contributed by atoms with E-state index in [0.717, 1.165) is 64.2 Å². The lowest BCUT2D eigenvalue weighted by Crippen LogP contribution is -2.50. The van der Waals surface area contributed by atoms with Gasteiger partial charge in [-0.1, -0.05) is 170 Å². The first kappa shape index (κ1) is 58.5. The van der Waals surface area contributed by atoms with Gasteiger partial charge < -0.3 is 23.8 Å². The van der Waals surface area contributed by atoms with Gasteiger partial charge in [0.05, 0.1) is 34.4 Å². The van der Waals surface area contributed by atoms with E-state index in [9.17, 15) is 19.5 Å². The Morgan fingerprint density at radius 1 is 0.500 bits per heavy atom. The first-order valence-electron chi connectivity index (χ1n) is 24.6. The van der Waals surface area contributed by atoms with Gasteiger partial charge in [0.1, 0.15) is 6.61 Å². The number of allylic oxidation sites excluding steroid dienone is 14. The second-order valence-corrected chi connectivity index (χ2v) is 17.3. The number of nitrogens with zero attached hydrogens (tertiary/aromatic N) is 1. The summed E-state index contributed by atoms with van der Waals surface area (Å²) in [5, 5.41) is 9.64. The van der Waals surface area contributed by atoms with Crippen molar-refractivity contribution in [3.63, 3.8) is 0 Å². The standard InChI is InChI=1S/C54H91NO7/c1-6-8-10-12-14-16-18-20-22-24-25-26-27-29-31-33-35-37-39-41-43-45-53(57)62-50(48-60-47-46-51(54(58)59)55(3,4)5)49-61-52(56)44-42-40-38-36-34-32-30-28-23-21-19-17-15-13-11-9-7-2/h8,10,14-17,20-23,30,32,36,38,50-51H,6-7,9,11-13,18-19,24-29,31,33-35,37,39-49H2,1-5H3/p+1/b10-8+,16-14+,17-15+,22-20+,23-21+,32-30+,38-36+. The molecule has 0 heterocycles. The maximum Gasteiger partial charge on any atom is 0.362 e. The number of carboxylic acids is 1. The van der Waals surface area contributed by atoms with Gasteiger partial charge in [-0.05, 0) is 83.5 Å². The molecule has 2 atom stereocenters. The number of aliphatic carboxylic acids is 1. The van der Waals surface area contributed by atoms with Crippen molar-refractivity contribution in [1.82, 2.24) is 0 Å². The minimum Gasteiger partial charge on any atom is -0.477 e.